The maximum Gasteiger partial charge on any atom is 0.371 e. The Bertz CT molecular complexity index is 253. The van der Waals surface area contributed by atoms with Crippen molar-refractivity contribution < 1.29 is 19.5 Å². The van der Waals surface area contributed by atoms with Crippen LogP contribution in [0.25, 0.3) is 0 Å². The predicted octanol–water partition coefficient (Wildman–Crippen LogP) is 0.148. The van der Waals surface area contributed by atoms with Gasteiger partial charge in [-0.3, -0.25) is 0 Å². The Morgan fingerprint density at radius 2 is 2.12 bits per heavy atom. The number of aliphatic hydroxyl groups excluding tert-OH is 1. The summed E-state index contributed by atoms with van der Waals surface area (Å²) >= 11 is 0. The van der Waals surface area contributed by atoms with Crippen molar-refractivity contribution in [3.8, 4) is 0 Å². The van der Waals surface area contributed by atoms with Gasteiger partial charge in [-0.1, -0.05) is 26.2 Å². The molecule has 17 heavy (non-hydrogen) atoms. The number of aliphatic hydroxyl groups is 1. The molecular weight excluding hydrogens is 218 g/mol. The third-order valence-corrected chi connectivity index (χ3v) is 3.48. The van der Waals surface area contributed by atoms with E-state index in [9.17, 15) is 9.90 Å². The van der Waals surface area contributed by atoms with Gasteiger partial charge in [0.25, 0.3) is 0 Å². The second-order valence-electron chi connectivity index (χ2n) is 5.55. The highest BCUT2D eigenvalue weighted by atomic mass is 16.5. The molecule has 0 saturated carbocycles. The number of quaternary nitrogens is 1. The fourth-order valence-electron chi connectivity index (χ4n) is 2.04. The highest BCUT2D eigenvalue weighted by molar-refractivity contribution is 5.76. The van der Waals surface area contributed by atoms with Crippen molar-refractivity contribution in [3.63, 3.8) is 0 Å². The minimum Gasteiger partial charge on any atom is -0.461 e. The monoisotopic (exact) mass is 244 g/mol. The van der Waals surface area contributed by atoms with Crippen molar-refractivity contribution in [2.24, 2.45) is 0 Å². The van der Waals surface area contributed by atoms with Crippen LogP contribution in [0.2, 0.25) is 0 Å². The van der Waals surface area contributed by atoms with Gasteiger partial charge in [-0.25, -0.2) is 4.79 Å². The van der Waals surface area contributed by atoms with E-state index in [1.165, 1.54) is 12.8 Å². The van der Waals surface area contributed by atoms with Crippen molar-refractivity contribution >= 4 is 5.97 Å². The SMILES string of the molecule is CCCCCCOC(=O)[C@H]1C[NH+]1C(C)(C)CO. The van der Waals surface area contributed by atoms with E-state index in [0.717, 1.165) is 24.3 Å². The topological polar surface area (TPSA) is 51.0 Å². The van der Waals surface area contributed by atoms with Crippen LogP contribution in [0.5, 0.6) is 0 Å². The van der Waals surface area contributed by atoms with E-state index in [2.05, 4.69) is 6.92 Å². The number of carbonyl (C=O) groups excluding carboxylic acids is 1. The van der Waals surface area contributed by atoms with Crippen molar-refractivity contribution in [2.45, 2.75) is 58.0 Å². The number of nitrogens with one attached hydrogen (secondary N) is 1. The van der Waals surface area contributed by atoms with E-state index in [4.69, 9.17) is 4.74 Å². The van der Waals surface area contributed by atoms with Gasteiger partial charge in [-0.05, 0) is 20.3 Å². The Kier molecular flexibility index (Phi) is 5.40. The molecule has 0 bridgehead atoms. The summed E-state index contributed by atoms with van der Waals surface area (Å²) in [5.74, 6) is -0.0991. The molecule has 1 heterocycles. The lowest BCUT2D eigenvalue weighted by molar-refractivity contribution is -0.829. The largest absolute Gasteiger partial charge is 0.461 e. The first kappa shape index (κ1) is 14.5. The highest BCUT2D eigenvalue weighted by Crippen LogP contribution is 2.06. The zero-order chi connectivity index (χ0) is 12.9. The lowest BCUT2D eigenvalue weighted by Gasteiger charge is -2.20. The summed E-state index contributed by atoms with van der Waals surface area (Å²) in [6.07, 6.45) is 4.49. The summed E-state index contributed by atoms with van der Waals surface area (Å²) in [6.45, 7) is 7.54. The van der Waals surface area contributed by atoms with E-state index in [0.29, 0.717) is 6.61 Å². The lowest BCUT2D eigenvalue weighted by Crippen LogP contribution is -3.05. The molecule has 1 aliphatic heterocycles. The molecule has 1 fully saturated rings. The van der Waals surface area contributed by atoms with Crippen molar-refractivity contribution in [1.82, 2.24) is 0 Å². The molecule has 0 spiro atoms. The van der Waals surface area contributed by atoms with Crippen LogP contribution in [0, 0.1) is 0 Å². The Balaban J connectivity index is 2.15. The maximum absolute atomic E-state index is 11.7. The Hall–Kier alpha value is -0.610. The summed E-state index contributed by atoms with van der Waals surface area (Å²) in [5, 5.41) is 9.20. The number of hydrogen-bond acceptors (Lipinski definition) is 3. The Morgan fingerprint density at radius 3 is 2.71 bits per heavy atom. The van der Waals surface area contributed by atoms with Gasteiger partial charge >= 0.3 is 5.97 Å². The zero-order valence-corrected chi connectivity index (χ0v) is 11.3. The molecule has 0 aliphatic carbocycles. The van der Waals surface area contributed by atoms with Gasteiger partial charge in [0, 0.05) is 0 Å². The molecule has 1 rings (SSSR count). The van der Waals surface area contributed by atoms with Crippen LogP contribution in [0.1, 0.15) is 46.5 Å². The van der Waals surface area contributed by atoms with Crippen LogP contribution in [-0.4, -0.2) is 42.4 Å². The quantitative estimate of drug-likeness (QED) is 0.363. The summed E-state index contributed by atoms with van der Waals surface area (Å²) in [4.78, 5) is 12.8. The third-order valence-electron chi connectivity index (χ3n) is 3.48. The van der Waals surface area contributed by atoms with Crippen LogP contribution in [0.15, 0.2) is 0 Å². The van der Waals surface area contributed by atoms with Crippen LogP contribution < -0.4 is 4.90 Å². The minimum absolute atomic E-state index is 0.0525. The molecule has 2 atom stereocenters. The Morgan fingerprint density at radius 1 is 1.41 bits per heavy atom. The standard InChI is InChI=1S/C13H25NO3/c1-4-5-6-7-8-17-12(16)11-9-14(11)13(2,3)10-15/h11,15H,4-10H2,1-3H3/p+1/t11-,14?/m1/s1. The average Bonchev–Trinajstić information content (AvgIpc) is 3.09. The summed E-state index contributed by atoms with van der Waals surface area (Å²) < 4.78 is 5.24. The maximum atomic E-state index is 11.7. The van der Waals surface area contributed by atoms with Gasteiger partial charge in [0.1, 0.15) is 12.1 Å². The average molecular weight is 244 g/mol. The number of unbranched alkanes of at least 4 members (excludes halogenated alkanes) is 3. The molecule has 1 aliphatic rings. The van der Waals surface area contributed by atoms with Gasteiger partial charge in [-0.15, -0.1) is 0 Å². The third kappa shape index (κ3) is 4.28. The van der Waals surface area contributed by atoms with E-state index >= 15 is 0 Å². The molecular formula is C13H26NO3+. The zero-order valence-electron chi connectivity index (χ0n) is 11.3. The van der Waals surface area contributed by atoms with Crippen molar-refractivity contribution in [3.05, 3.63) is 0 Å². The number of hydrogen-bond donors (Lipinski definition) is 2. The fraction of sp³-hybridized carbons (Fsp3) is 0.923. The summed E-state index contributed by atoms with van der Waals surface area (Å²) in [5.41, 5.74) is -0.230. The molecule has 1 saturated heterocycles. The van der Waals surface area contributed by atoms with Crippen LogP contribution >= 0.6 is 0 Å². The van der Waals surface area contributed by atoms with Crippen molar-refractivity contribution in [1.29, 1.82) is 0 Å². The lowest BCUT2D eigenvalue weighted by atomic mass is 10.1. The van der Waals surface area contributed by atoms with Crippen LogP contribution in [0.3, 0.4) is 0 Å². The molecule has 2 N–H and O–H groups in total. The highest BCUT2D eigenvalue weighted by Gasteiger charge is 2.55. The molecule has 0 aromatic rings. The van der Waals surface area contributed by atoms with E-state index in [1.54, 1.807) is 0 Å². The fourth-order valence-corrected chi connectivity index (χ4v) is 2.04. The first-order chi connectivity index (χ1) is 8.03. The number of esters is 1. The molecule has 4 nitrogen and oxygen atoms in total. The first-order valence-corrected chi connectivity index (χ1v) is 6.66. The van der Waals surface area contributed by atoms with Gasteiger partial charge in [-0.2, -0.15) is 0 Å². The van der Waals surface area contributed by atoms with E-state index < -0.39 is 0 Å². The van der Waals surface area contributed by atoms with Crippen LogP contribution in [-0.2, 0) is 9.53 Å². The van der Waals surface area contributed by atoms with Gasteiger partial charge < -0.3 is 14.7 Å². The van der Waals surface area contributed by atoms with Crippen molar-refractivity contribution in [2.75, 3.05) is 19.8 Å². The molecule has 4 heteroatoms. The normalized spacial score (nSPS) is 23.5. The molecule has 0 radical (unpaired) electrons. The molecule has 0 aromatic heterocycles. The predicted molar refractivity (Wildman–Crippen MR) is 65.9 cm³/mol. The smallest absolute Gasteiger partial charge is 0.371 e. The Labute approximate surface area is 104 Å². The summed E-state index contributed by atoms with van der Waals surface area (Å²) in [7, 11) is 0. The number of carbonyl (C=O) groups is 1. The van der Waals surface area contributed by atoms with E-state index in [-0.39, 0.29) is 24.2 Å². The molecule has 1 unspecified atom stereocenters. The molecule has 100 valence electrons. The number of rotatable bonds is 8. The second-order valence-corrected chi connectivity index (χ2v) is 5.55. The van der Waals surface area contributed by atoms with Gasteiger partial charge in [0.2, 0.25) is 6.04 Å². The number of ether oxygens (including phenoxy) is 1. The second kappa shape index (κ2) is 6.36. The minimum atomic E-state index is -0.230. The van der Waals surface area contributed by atoms with Crippen LogP contribution in [0.4, 0.5) is 0 Å². The molecule has 0 amide bonds. The first-order valence-electron chi connectivity index (χ1n) is 6.66. The van der Waals surface area contributed by atoms with Gasteiger partial charge in [0.15, 0.2) is 0 Å². The molecule has 0 aromatic carbocycles. The summed E-state index contributed by atoms with van der Waals surface area (Å²) in [6, 6.07) is -0.0525. The van der Waals surface area contributed by atoms with E-state index in [1.807, 2.05) is 13.8 Å². The van der Waals surface area contributed by atoms with Gasteiger partial charge in [0.05, 0.1) is 13.2 Å².